The number of halogens is 3. The second-order valence-corrected chi connectivity index (χ2v) is 8.94. The van der Waals surface area contributed by atoms with Crippen molar-refractivity contribution >= 4 is 11.0 Å². The van der Waals surface area contributed by atoms with Crippen molar-refractivity contribution in [3.05, 3.63) is 76.0 Å². The fourth-order valence-electron chi connectivity index (χ4n) is 4.82. The van der Waals surface area contributed by atoms with E-state index in [1.807, 2.05) is 42.8 Å². The number of imidazole rings is 2. The summed E-state index contributed by atoms with van der Waals surface area (Å²) >= 11 is 0. The number of alkyl halides is 3. The Labute approximate surface area is 194 Å². The SMILES string of the molecule is Cc1[nH]c(-c2ccc(C(F)(F)F)cc2)nc1CN1CCC(n2c(=O)n(C)c3ccccc32)CC1. The molecule has 0 amide bonds. The van der Waals surface area contributed by atoms with E-state index in [1.54, 1.807) is 4.57 Å². The summed E-state index contributed by atoms with van der Waals surface area (Å²) < 4.78 is 42.1. The van der Waals surface area contributed by atoms with Gasteiger partial charge in [-0.15, -0.1) is 0 Å². The predicted molar refractivity (Wildman–Crippen MR) is 124 cm³/mol. The van der Waals surface area contributed by atoms with Crippen LogP contribution in [-0.2, 0) is 19.8 Å². The van der Waals surface area contributed by atoms with Crippen LogP contribution in [0.4, 0.5) is 13.2 Å². The number of aromatic nitrogens is 4. The first-order valence-electron chi connectivity index (χ1n) is 11.3. The predicted octanol–water partition coefficient (Wildman–Crippen LogP) is 4.89. The zero-order valence-electron chi connectivity index (χ0n) is 19.1. The molecule has 5 rings (SSSR count). The van der Waals surface area contributed by atoms with Crippen LogP contribution in [0, 0.1) is 6.92 Å². The largest absolute Gasteiger partial charge is 0.416 e. The number of rotatable bonds is 4. The van der Waals surface area contributed by atoms with Gasteiger partial charge in [-0.25, -0.2) is 9.78 Å². The van der Waals surface area contributed by atoms with E-state index in [2.05, 4.69) is 14.9 Å². The molecule has 1 fully saturated rings. The number of nitrogens with zero attached hydrogens (tertiary/aromatic N) is 4. The molecule has 4 aromatic rings. The molecule has 0 atom stereocenters. The Balaban J connectivity index is 1.28. The highest BCUT2D eigenvalue weighted by Crippen LogP contribution is 2.31. The average Bonchev–Trinajstić information content (AvgIpc) is 3.31. The number of hydrogen-bond acceptors (Lipinski definition) is 3. The van der Waals surface area contributed by atoms with Gasteiger partial charge in [0.2, 0.25) is 0 Å². The van der Waals surface area contributed by atoms with Crippen molar-refractivity contribution in [1.29, 1.82) is 0 Å². The number of piperidine rings is 1. The van der Waals surface area contributed by atoms with Gasteiger partial charge in [0.25, 0.3) is 0 Å². The van der Waals surface area contributed by atoms with Gasteiger partial charge in [0.05, 0.1) is 22.3 Å². The minimum absolute atomic E-state index is 0.0176. The van der Waals surface area contributed by atoms with E-state index >= 15 is 0 Å². The van der Waals surface area contributed by atoms with Crippen LogP contribution in [0.1, 0.15) is 35.8 Å². The molecule has 0 bridgehead atoms. The highest BCUT2D eigenvalue weighted by Gasteiger charge is 2.30. The summed E-state index contributed by atoms with van der Waals surface area (Å²) in [6.45, 7) is 4.25. The Morgan fingerprint density at radius 2 is 1.68 bits per heavy atom. The molecule has 178 valence electrons. The molecule has 2 aromatic carbocycles. The van der Waals surface area contributed by atoms with Crippen LogP contribution >= 0.6 is 0 Å². The van der Waals surface area contributed by atoms with Crippen molar-refractivity contribution < 1.29 is 13.2 Å². The first-order chi connectivity index (χ1) is 16.2. The summed E-state index contributed by atoms with van der Waals surface area (Å²) in [6.07, 6.45) is -2.63. The summed E-state index contributed by atoms with van der Waals surface area (Å²) in [6, 6.07) is 13.1. The van der Waals surface area contributed by atoms with Gasteiger partial charge >= 0.3 is 11.9 Å². The maximum Gasteiger partial charge on any atom is 0.416 e. The maximum absolute atomic E-state index is 12.9. The molecule has 0 saturated carbocycles. The Morgan fingerprint density at radius 1 is 1.03 bits per heavy atom. The van der Waals surface area contributed by atoms with Crippen molar-refractivity contribution in [3.63, 3.8) is 0 Å². The highest BCUT2D eigenvalue weighted by molar-refractivity contribution is 5.76. The van der Waals surface area contributed by atoms with Crippen LogP contribution in [0.2, 0.25) is 0 Å². The first kappa shape index (κ1) is 22.5. The zero-order valence-corrected chi connectivity index (χ0v) is 19.1. The van der Waals surface area contributed by atoms with Gasteiger partial charge in [-0.3, -0.25) is 14.0 Å². The van der Waals surface area contributed by atoms with Crippen LogP contribution < -0.4 is 5.69 Å². The Hall–Kier alpha value is -3.33. The van der Waals surface area contributed by atoms with E-state index < -0.39 is 11.7 Å². The first-order valence-corrected chi connectivity index (χ1v) is 11.3. The lowest BCUT2D eigenvalue weighted by atomic mass is 10.0. The second kappa shape index (κ2) is 8.47. The number of H-pyrrole nitrogens is 1. The Bertz CT molecular complexity index is 1370. The van der Waals surface area contributed by atoms with Crippen molar-refractivity contribution in [2.75, 3.05) is 13.1 Å². The summed E-state index contributed by atoms with van der Waals surface area (Å²) in [5.41, 5.74) is 3.67. The number of hydrogen-bond donors (Lipinski definition) is 1. The molecule has 9 heteroatoms. The third-order valence-electron chi connectivity index (χ3n) is 6.76. The molecule has 0 unspecified atom stereocenters. The number of aryl methyl sites for hydroxylation is 2. The lowest BCUT2D eigenvalue weighted by Gasteiger charge is -2.32. The molecular weight excluding hydrogens is 443 g/mol. The van der Waals surface area contributed by atoms with Gasteiger partial charge in [0, 0.05) is 44.0 Å². The number of para-hydroxylation sites is 2. The van der Waals surface area contributed by atoms with Crippen LogP contribution in [0.25, 0.3) is 22.4 Å². The molecular formula is C25H26F3N5O. The highest BCUT2D eigenvalue weighted by atomic mass is 19.4. The molecule has 0 spiro atoms. The van der Waals surface area contributed by atoms with E-state index in [9.17, 15) is 18.0 Å². The van der Waals surface area contributed by atoms with Crippen molar-refractivity contribution in [1.82, 2.24) is 24.0 Å². The van der Waals surface area contributed by atoms with E-state index in [4.69, 9.17) is 0 Å². The number of nitrogens with one attached hydrogen (secondary N) is 1. The fraction of sp³-hybridized carbons (Fsp3) is 0.360. The molecule has 1 saturated heterocycles. The second-order valence-electron chi connectivity index (χ2n) is 8.94. The van der Waals surface area contributed by atoms with Crippen LogP contribution in [0.15, 0.2) is 53.3 Å². The number of likely N-dealkylation sites (tertiary alicyclic amines) is 1. The lowest BCUT2D eigenvalue weighted by Crippen LogP contribution is -2.37. The summed E-state index contributed by atoms with van der Waals surface area (Å²) in [4.78, 5) is 23.0. The van der Waals surface area contributed by atoms with Gasteiger partial charge in [-0.1, -0.05) is 24.3 Å². The van der Waals surface area contributed by atoms with Crippen molar-refractivity contribution in [2.45, 2.75) is 38.5 Å². The molecule has 1 aliphatic heterocycles. The molecule has 2 aromatic heterocycles. The van der Waals surface area contributed by atoms with Gasteiger partial charge in [0.1, 0.15) is 5.82 Å². The topological polar surface area (TPSA) is 58.9 Å². The Kier molecular flexibility index (Phi) is 5.59. The molecule has 1 aliphatic rings. The quantitative estimate of drug-likeness (QED) is 0.463. The standard InChI is InChI=1S/C25H26F3N5O/c1-16-20(30-23(29-16)17-7-9-18(10-8-17)25(26,27)28)15-32-13-11-19(12-14-32)33-22-6-4-3-5-21(22)31(2)24(33)34/h3-10,19H,11-15H2,1-2H3,(H,29,30). The molecule has 34 heavy (non-hydrogen) atoms. The van der Waals surface area contributed by atoms with Crippen molar-refractivity contribution in [2.24, 2.45) is 7.05 Å². The molecule has 1 N–H and O–H groups in total. The van der Waals surface area contributed by atoms with Gasteiger partial charge in [0.15, 0.2) is 0 Å². The van der Waals surface area contributed by atoms with E-state index in [1.165, 1.54) is 12.1 Å². The molecule has 0 radical (unpaired) electrons. The third-order valence-corrected chi connectivity index (χ3v) is 6.76. The average molecular weight is 470 g/mol. The van der Waals surface area contributed by atoms with E-state index in [0.717, 1.165) is 60.5 Å². The fourth-order valence-corrected chi connectivity index (χ4v) is 4.82. The van der Waals surface area contributed by atoms with Crippen LogP contribution in [-0.4, -0.2) is 37.1 Å². The third kappa shape index (κ3) is 4.04. The maximum atomic E-state index is 12.9. The smallest absolute Gasteiger partial charge is 0.342 e. The van der Waals surface area contributed by atoms with Crippen LogP contribution in [0.5, 0.6) is 0 Å². The van der Waals surface area contributed by atoms with Gasteiger partial charge in [-0.05, 0) is 44.0 Å². The minimum atomic E-state index is -4.36. The van der Waals surface area contributed by atoms with Crippen LogP contribution in [0.3, 0.4) is 0 Å². The minimum Gasteiger partial charge on any atom is -0.342 e. The molecule has 3 heterocycles. The van der Waals surface area contributed by atoms with Gasteiger partial charge in [-0.2, -0.15) is 13.2 Å². The zero-order chi connectivity index (χ0) is 24.0. The van der Waals surface area contributed by atoms with E-state index in [-0.39, 0.29) is 11.7 Å². The number of fused-ring (bicyclic) bond motifs is 1. The lowest BCUT2D eigenvalue weighted by molar-refractivity contribution is -0.137. The molecule has 0 aliphatic carbocycles. The number of aromatic amines is 1. The summed E-state index contributed by atoms with van der Waals surface area (Å²) in [7, 11) is 1.81. The monoisotopic (exact) mass is 469 g/mol. The normalized spacial score (nSPS) is 15.9. The van der Waals surface area contributed by atoms with Crippen molar-refractivity contribution in [3.8, 4) is 11.4 Å². The summed E-state index contributed by atoms with van der Waals surface area (Å²) in [5, 5.41) is 0. The molecule has 6 nitrogen and oxygen atoms in total. The summed E-state index contributed by atoms with van der Waals surface area (Å²) in [5.74, 6) is 0.568. The van der Waals surface area contributed by atoms with Gasteiger partial charge < -0.3 is 4.98 Å². The van der Waals surface area contributed by atoms with E-state index in [0.29, 0.717) is 17.9 Å². The number of benzene rings is 2. The Morgan fingerprint density at radius 3 is 2.32 bits per heavy atom.